The Morgan fingerprint density at radius 3 is 2.37 bits per heavy atom. The van der Waals surface area contributed by atoms with E-state index in [1.54, 1.807) is 14.2 Å². The number of hydrogen-bond acceptors (Lipinski definition) is 4. The van der Waals surface area contributed by atoms with Crippen LogP contribution in [0.1, 0.15) is 18.5 Å². The summed E-state index contributed by atoms with van der Waals surface area (Å²) in [6.07, 6.45) is 0. The highest BCUT2D eigenvalue weighted by molar-refractivity contribution is 5.19. The van der Waals surface area contributed by atoms with E-state index in [0.29, 0.717) is 25.8 Å². The average Bonchev–Trinajstić information content (AvgIpc) is 2.44. The molecular weight excluding hydrogens is 240 g/mol. The molecule has 0 aromatic heterocycles. The summed E-state index contributed by atoms with van der Waals surface area (Å²) in [6, 6.07) is 10.9. The molecule has 1 aromatic rings. The molecule has 0 saturated heterocycles. The fourth-order valence-electron chi connectivity index (χ4n) is 2.36. The maximum Gasteiger partial charge on any atom is 0.0615 e. The summed E-state index contributed by atoms with van der Waals surface area (Å²) in [6.45, 7) is 4.97. The average molecular weight is 266 g/mol. The van der Waals surface area contributed by atoms with Gasteiger partial charge in [0, 0.05) is 39.4 Å². The van der Waals surface area contributed by atoms with Crippen LogP contribution in [-0.2, 0) is 9.47 Å². The molecule has 19 heavy (non-hydrogen) atoms. The second kappa shape index (κ2) is 9.04. The van der Waals surface area contributed by atoms with Gasteiger partial charge in [0.05, 0.1) is 13.2 Å². The van der Waals surface area contributed by atoms with E-state index in [-0.39, 0.29) is 6.04 Å². The summed E-state index contributed by atoms with van der Waals surface area (Å²) >= 11 is 0. The monoisotopic (exact) mass is 266 g/mol. The molecule has 2 unspecified atom stereocenters. The van der Waals surface area contributed by atoms with Crippen LogP contribution in [0, 0.1) is 0 Å². The highest BCUT2D eigenvalue weighted by Crippen LogP contribution is 2.21. The van der Waals surface area contributed by atoms with Gasteiger partial charge < -0.3 is 15.2 Å². The molecule has 0 fully saturated rings. The van der Waals surface area contributed by atoms with Crippen LogP contribution in [0.25, 0.3) is 0 Å². The van der Waals surface area contributed by atoms with Crippen molar-refractivity contribution in [3.63, 3.8) is 0 Å². The smallest absolute Gasteiger partial charge is 0.0615 e. The van der Waals surface area contributed by atoms with Crippen molar-refractivity contribution in [2.45, 2.75) is 19.0 Å². The van der Waals surface area contributed by atoms with Crippen molar-refractivity contribution in [2.24, 2.45) is 5.73 Å². The first-order valence-electron chi connectivity index (χ1n) is 6.73. The van der Waals surface area contributed by atoms with E-state index in [0.717, 1.165) is 6.54 Å². The lowest BCUT2D eigenvalue weighted by Crippen LogP contribution is -2.43. The van der Waals surface area contributed by atoms with Gasteiger partial charge in [0.1, 0.15) is 0 Å². The Morgan fingerprint density at radius 2 is 1.84 bits per heavy atom. The minimum atomic E-state index is 0.196. The predicted molar refractivity (Wildman–Crippen MR) is 78.2 cm³/mol. The Morgan fingerprint density at radius 1 is 1.16 bits per heavy atom. The normalized spacial score (nSPS) is 14.6. The fourth-order valence-corrected chi connectivity index (χ4v) is 2.36. The van der Waals surface area contributed by atoms with E-state index in [1.165, 1.54) is 5.56 Å². The Balaban J connectivity index is 2.85. The Bertz CT molecular complexity index is 332. The molecule has 0 bridgehead atoms. The molecule has 2 N–H and O–H groups in total. The number of nitrogens with two attached hydrogens (primary N) is 1. The van der Waals surface area contributed by atoms with Crippen LogP contribution in [0.4, 0.5) is 0 Å². The summed E-state index contributed by atoms with van der Waals surface area (Å²) in [5, 5.41) is 0. The maximum atomic E-state index is 5.99. The minimum Gasteiger partial charge on any atom is -0.383 e. The van der Waals surface area contributed by atoms with Crippen LogP contribution in [0.3, 0.4) is 0 Å². The molecule has 0 amide bonds. The summed E-state index contributed by atoms with van der Waals surface area (Å²) in [4.78, 5) is 2.35. The van der Waals surface area contributed by atoms with Gasteiger partial charge in [0.25, 0.3) is 0 Å². The zero-order valence-electron chi connectivity index (χ0n) is 12.2. The number of ether oxygens (including phenoxy) is 2. The first kappa shape index (κ1) is 16.1. The molecule has 0 heterocycles. The van der Waals surface area contributed by atoms with Crippen LogP contribution in [0.15, 0.2) is 30.3 Å². The van der Waals surface area contributed by atoms with Gasteiger partial charge in [0.2, 0.25) is 0 Å². The van der Waals surface area contributed by atoms with E-state index in [9.17, 15) is 0 Å². The highest BCUT2D eigenvalue weighted by Gasteiger charge is 2.23. The van der Waals surface area contributed by atoms with Crippen LogP contribution < -0.4 is 5.73 Å². The second-order valence-electron chi connectivity index (χ2n) is 4.70. The molecule has 108 valence electrons. The van der Waals surface area contributed by atoms with Gasteiger partial charge in [-0.25, -0.2) is 0 Å². The van der Waals surface area contributed by atoms with Gasteiger partial charge >= 0.3 is 0 Å². The summed E-state index contributed by atoms with van der Waals surface area (Å²) in [7, 11) is 3.45. The van der Waals surface area contributed by atoms with Crippen LogP contribution in [0.5, 0.6) is 0 Å². The SMILES string of the molecule is COCCN(C(C)COC)C(CN)c1ccccc1. The van der Waals surface area contributed by atoms with E-state index < -0.39 is 0 Å². The maximum absolute atomic E-state index is 5.99. The van der Waals surface area contributed by atoms with Crippen molar-refractivity contribution in [3.05, 3.63) is 35.9 Å². The molecule has 0 spiro atoms. The molecule has 0 radical (unpaired) electrons. The predicted octanol–water partition coefficient (Wildman–Crippen LogP) is 1.67. The third kappa shape index (κ3) is 4.91. The van der Waals surface area contributed by atoms with Gasteiger partial charge in [0.15, 0.2) is 0 Å². The Hall–Kier alpha value is -0.940. The van der Waals surface area contributed by atoms with Crippen molar-refractivity contribution in [1.82, 2.24) is 4.90 Å². The van der Waals surface area contributed by atoms with E-state index >= 15 is 0 Å². The quantitative estimate of drug-likeness (QED) is 0.738. The lowest BCUT2D eigenvalue weighted by Gasteiger charge is -2.35. The van der Waals surface area contributed by atoms with E-state index in [2.05, 4.69) is 24.0 Å². The van der Waals surface area contributed by atoms with E-state index in [4.69, 9.17) is 15.2 Å². The standard InChI is InChI=1S/C15H26N2O2/c1-13(12-19-3)17(9-10-18-2)15(11-16)14-7-5-4-6-8-14/h4-8,13,15H,9-12,16H2,1-3H3. The van der Waals surface area contributed by atoms with Gasteiger partial charge in [-0.3, -0.25) is 4.90 Å². The fraction of sp³-hybridized carbons (Fsp3) is 0.600. The Kier molecular flexibility index (Phi) is 7.67. The van der Waals surface area contributed by atoms with Crippen LogP contribution >= 0.6 is 0 Å². The van der Waals surface area contributed by atoms with Crippen LogP contribution in [-0.4, -0.2) is 51.5 Å². The molecular formula is C15H26N2O2. The molecule has 2 atom stereocenters. The lowest BCUT2D eigenvalue weighted by molar-refractivity contribution is 0.0487. The molecule has 0 aliphatic heterocycles. The molecule has 0 saturated carbocycles. The number of rotatable bonds is 9. The number of hydrogen-bond donors (Lipinski definition) is 1. The molecule has 1 aromatic carbocycles. The molecule has 4 nitrogen and oxygen atoms in total. The van der Waals surface area contributed by atoms with Crippen molar-refractivity contribution >= 4 is 0 Å². The second-order valence-corrected chi connectivity index (χ2v) is 4.70. The molecule has 4 heteroatoms. The van der Waals surface area contributed by atoms with Gasteiger partial charge in [-0.15, -0.1) is 0 Å². The number of nitrogens with zero attached hydrogens (tertiary/aromatic N) is 1. The first-order valence-corrected chi connectivity index (χ1v) is 6.73. The van der Waals surface area contributed by atoms with Crippen LogP contribution in [0.2, 0.25) is 0 Å². The van der Waals surface area contributed by atoms with E-state index in [1.807, 2.05) is 18.2 Å². The topological polar surface area (TPSA) is 47.7 Å². The summed E-state index contributed by atoms with van der Waals surface area (Å²) < 4.78 is 10.5. The minimum absolute atomic E-state index is 0.196. The lowest BCUT2D eigenvalue weighted by atomic mass is 10.0. The molecule has 0 aliphatic carbocycles. The van der Waals surface area contributed by atoms with Crippen molar-refractivity contribution in [2.75, 3.05) is 40.5 Å². The Labute approximate surface area is 116 Å². The summed E-state index contributed by atoms with van der Waals surface area (Å²) in [5.74, 6) is 0. The van der Waals surface area contributed by atoms with Crippen molar-refractivity contribution in [3.8, 4) is 0 Å². The van der Waals surface area contributed by atoms with Gasteiger partial charge in [-0.1, -0.05) is 30.3 Å². The molecule has 0 aliphatic rings. The zero-order chi connectivity index (χ0) is 14.1. The zero-order valence-corrected chi connectivity index (χ0v) is 12.2. The third-order valence-corrected chi connectivity index (χ3v) is 3.34. The summed E-state index contributed by atoms with van der Waals surface area (Å²) in [5.41, 5.74) is 7.23. The van der Waals surface area contributed by atoms with Crippen molar-refractivity contribution in [1.29, 1.82) is 0 Å². The molecule has 1 rings (SSSR count). The largest absolute Gasteiger partial charge is 0.383 e. The number of methoxy groups -OCH3 is 2. The highest BCUT2D eigenvalue weighted by atomic mass is 16.5. The first-order chi connectivity index (χ1) is 9.24. The third-order valence-electron chi connectivity index (χ3n) is 3.34. The van der Waals surface area contributed by atoms with Gasteiger partial charge in [-0.2, -0.15) is 0 Å². The number of benzene rings is 1. The van der Waals surface area contributed by atoms with Gasteiger partial charge in [-0.05, 0) is 12.5 Å². The van der Waals surface area contributed by atoms with Crippen molar-refractivity contribution < 1.29 is 9.47 Å².